The third kappa shape index (κ3) is 6.93. The molecule has 0 radical (unpaired) electrons. The Morgan fingerprint density at radius 1 is 1.12 bits per heavy atom. The molecule has 7 heteroatoms. The summed E-state index contributed by atoms with van der Waals surface area (Å²) < 4.78 is 13.0. The summed E-state index contributed by atoms with van der Waals surface area (Å²) in [6.07, 6.45) is 5.13. The highest BCUT2D eigenvalue weighted by Gasteiger charge is 2.23. The highest BCUT2D eigenvalue weighted by atomic mass is 35.5. The van der Waals surface area contributed by atoms with E-state index in [1.807, 2.05) is 12.1 Å². The van der Waals surface area contributed by atoms with Crippen LogP contribution in [0.4, 0.5) is 10.1 Å². The first-order chi connectivity index (χ1) is 11.7. The summed E-state index contributed by atoms with van der Waals surface area (Å²) in [6, 6.07) is 6.67. The van der Waals surface area contributed by atoms with E-state index in [4.69, 9.17) is 0 Å². The lowest BCUT2D eigenvalue weighted by Gasteiger charge is -2.22. The van der Waals surface area contributed by atoms with Gasteiger partial charge >= 0.3 is 0 Å². The van der Waals surface area contributed by atoms with Crippen LogP contribution < -0.4 is 15.5 Å². The maximum atomic E-state index is 13.0. The topological polar surface area (TPSA) is 44.4 Å². The zero-order valence-corrected chi connectivity index (χ0v) is 16.7. The quantitative estimate of drug-likeness (QED) is 0.761. The molecule has 0 saturated carbocycles. The van der Waals surface area contributed by atoms with Gasteiger partial charge in [0.25, 0.3) is 0 Å². The molecular formula is C19H30Cl2FN3O. The van der Waals surface area contributed by atoms with Crippen LogP contribution in [0.3, 0.4) is 0 Å². The van der Waals surface area contributed by atoms with Crippen molar-refractivity contribution in [2.45, 2.75) is 32.1 Å². The number of benzene rings is 1. The number of piperidine rings is 1. The van der Waals surface area contributed by atoms with Crippen molar-refractivity contribution < 1.29 is 9.18 Å². The molecule has 1 aromatic carbocycles. The SMILES string of the molecule is Cl.Cl.O=C(CCC1CCNCC1)NCC1CCN(c2ccc(F)cc2)C1. The number of nitrogens with zero attached hydrogens (tertiary/aromatic N) is 1. The largest absolute Gasteiger partial charge is 0.371 e. The lowest BCUT2D eigenvalue weighted by Crippen LogP contribution is -2.32. The molecule has 2 fully saturated rings. The number of amides is 1. The van der Waals surface area contributed by atoms with E-state index in [1.54, 1.807) is 0 Å². The van der Waals surface area contributed by atoms with Gasteiger partial charge in [-0.3, -0.25) is 4.79 Å². The van der Waals surface area contributed by atoms with Crippen LogP contribution in [0.2, 0.25) is 0 Å². The summed E-state index contributed by atoms with van der Waals surface area (Å²) in [4.78, 5) is 14.3. The van der Waals surface area contributed by atoms with Gasteiger partial charge in [-0.25, -0.2) is 4.39 Å². The fourth-order valence-electron chi connectivity index (χ4n) is 3.74. The maximum Gasteiger partial charge on any atom is 0.220 e. The summed E-state index contributed by atoms with van der Waals surface area (Å²) in [5.41, 5.74) is 1.07. The highest BCUT2D eigenvalue weighted by molar-refractivity contribution is 5.85. The van der Waals surface area contributed by atoms with Gasteiger partial charge in [0.05, 0.1) is 0 Å². The first kappa shape index (κ1) is 23.0. The number of carbonyl (C=O) groups excluding carboxylic acids is 1. The molecule has 1 amide bonds. The number of anilines is 1. The van der Waals surface area contributed by atoms with Crippen molar-refractivity contribution >= 4 is 36.4 Å². The monoisotopic (exact) mass is 405 g/mol. The minimum atomic E-state index is -0.199. The van der Waals surface area contributed by atoms with E-state index in [-0.39, 0.29) is 36.5 Å². The second-order valence-electron chi connectivity index (χ2n) is 7.11. The normalized spacial score (nSPS) is 20.2. The zero-order chi connectivity index (χ0) is 16.8. The highest BCUT2D eigenvalue weighted by Crippen LogP contribution is 2.23. The van der Waals surface area contributed by atoms with Crippen molar-refractivity contribution in [2.24, 2.45) is 11.8 Å². The van der Waals surface area contributed by atoms with Gasteiger partial charge in [0.15, 0.2) is 0 Å². The van der Waals surface area contributed by atoms with Crippen molar-refractivity contribution in [3.05, 3.63) is 30.1 Å². The number of rotatable bonds is 6. The fourth-order valence-corrected chi connectivity index (χ4v) is 3.74. The Balaban J connectivity index is 0.00000169. The van der Waals surface area contributed by atoms with Gasteiger partial charge in [0.1, 0.15) is 5.82 Å². The van der Waals surface area contributed by atoms with Crippen LogP contribution in [-0.2, 0) is 4.79 Å². The van der Waals surface area contributed by atoms with Crippen LogP contribution >= 0.6 is 24.8 Å². The van der Waals surface area contributed by atoms with Gasteiger partial charge < -0.3 is 15.5 Å². The van der Waals surface area contributed by atoms with E-state index in [0.717, 1.165) is 51.3 Å². The molecule has 0 aromatic heterocycles. The maximum absolute atomic E-state index is 13.0. The molecule has 2 saturated heterocycles. The second kappa shape index (κ2) is 11.6. The van der Waals surface area contributed by atoms with Gasteiger partial charge in [0, 0.05) is 31.7 Å². The summed E-state index contributed by atoms with van der Waals surface area (Å²) >= 11 is 0. The molecule has 2 N–H and O–H groups in total. The number of nitrogens with one attached hydrogen (secondary N) is 2. The molecule has 1 atom stereocenters. The van der Waals surface area contributed by atoms with E-state index in [0.29, 0.717) is 18.3 Å². The zero-order valence-electron chi connectivity index (χ0n) is 15.1. The minimum Gasteiger partial charge on any atom is -0.371 e. The first-order valence-electron chi connectivity index (χ1n) is 9.18. The van der Waals surface area contributed by atoms with Crippen molar-refractivity contribution in [1.29, 1.82) is 0 Å². The predicted molar refractivity (Wildman–Crippen MR) is 109 cm³/mol. The molecule has 26 heavy (non-hydrogen) atoms. The van der Waals surface area contributed by atoms with Gasteiger partial charge in [0.2, 0.25) is 5.91 Å². The molecule has 1 aromatic rings. The summed E-state index contributed by atoms with van der Waals surface area (Å²) in [6.45, 7) is 4.84. The Bertz CT molecular complexity index is 538. The number of halogens is 3. The van der Waals surface area contributed by atoms with Crippen molar-refractivity contribution in [3.63, 3.8) is 0 Å². The minimum absolute atomic E-state index is 0. The Morgan fingerprint density at radius 3 is 2.50 bits per heavy atom. The van der Waals surface area contributed by atoms with E-state index in [2.05, 4.69) is 15.5 Å². The third-order valence-electron chi connectivity index (χ3n) is 5.30. The first-order valence-corrected chi connectivity index (χ1v) is 9.18. The Morgan fingerprint density at radius 2 is 1.81 bits per heavy atom. The number of carbonyl (C=O) groups is 1. The Hall–Kier alpha value is -1.04. The van der Waals surface area contributed by atoms with Crippen LogP contribution in [0.5, 0.6) is 0 Å². The molecule has 0 aliphatic carbocycles. The molecule has 2 aliphatic rings. The van der Waals surface area contributed by atoms with Crippen LogP contribution in [0.1, 0.15) is 32.1 Å². The van der Waals surface area contributed by atoms with Crippen LogP contribution in [0, 0.1) is 17.7 Å². The van der Waals surface area contributed by atoms with Crippen LogP contribution in [-0.4, -0.2) is 38.6 Å². The second-order valence-corrected chi connectivity index (χ2v) is 7.11. The molecule has 0 bridgehead atoms. The molecule has 0 spiro atoms. The van der Waals surface area contributed by atoms with E-state index in [1.165, 1.54) is 25.0 Å². The van der Waals surface area contributed by atoms with Gasteiger partial charge in [-0.1, -0.05) is 0 Å². The van der Waals surface area contributed by atoms with E-state index in [9.17, 15) is 9.18 Å². The molecule has 2 heterocycles. The van der Waals surface area contributed by atoms with Crippen LogP contribution in [0.15, 0.2) is 24.3 Å². The molecular weight excluding hydrogens is 376 g/mol. The standard InChI is InChI=1S/C19H28FN3O.2ClH/c20-17-2-4-18(5-3-17)23-12-9-16(14-23)13-22-19(24)6-1-15-7-10-21-11-8-15;;/h2-5,15-16,21H,1,6-14H2,(H,22,24);2*1H. The average molecular weight is 406 g/mol. The lowest BCUT2D eigenvalue weighted by atomic mass is 9.93. The molecule has 1 unspecified atom stereocenters. The van der Waals surface area contributed by atoms with E-state index >= 15 is 0 Å². The van der Waals surface area contributed by atoms with Gasteiger partial charge in [-0.05, 0) is 74.9 Å². The summed E-state index contributed by atoms with van der Waals surface area (Å²) in [5, 5.41) is 6.46. The van der Waals surface area contributed by atoms with E-state index < -0.39 is 0 Å². The Labute approximate surface area is 168 Å². The van der Waals surface area contributed by atoms with Crippen LogP contribution in [0.25, 0.3) is 0 Å². The van der Waals surface area contributed by atoms with Crippen molar-refractivity contribution in [2.75, 3.05) is 37.6 Å². The third-order valence-corrected chi connectivity index (χ3v) is 5.30. The number of hydrogen-bond donors (Lipinski definition) is 2. The molecule has 3 rings (SSSR count). The molecule has 148 valence electrons. The van der Waals surface area contributed by atoms with Gasteiger partial charge in [-0.15, -0.1) is 24.8 Å². The summed E-state index contributed by atoms with van der Waals surface area (Å²) in [7, 11) is 0. The Kier molecular flexibility index (Phi) is 10.3. The lowest BCUT2D eigenvalue weighted by molar-refractivity contribution is -0.121. The van der Waals surface area contributed by atoms with Gasteiger partial charge in [-0.2, -0.15) is 0 Å². The summed E-state index contributed by atoms with van der Waals surface area (Å²) in [5.74, 6) is 1.18. The average Bonchev–Trinajstić information content (AvgIpc) is 3.09. The van der Waals surface area contributed by atoms with Crippen molar-refractivity contribution in [1.82, 2.24) is 10.6 Å². The molecule has 4 nitrogen and oxygen atoms in total. The number of hydrogen-bond acceptors (Lipinski definition) is 3. The molecule has 2 aliphatic heterocycles. The fraction of sp³-hybridized carbons (Fsp3) is 0.632. The predicted octanol–water partition coefficient (Wildman–Crippen LogP) is 3.39. The smallest absolute Gasteiger partial charge is 0.220 e. The van der Waals surface area contributed by atoms with Crippen molar-refractivity contribution in [3.8, 4) is 0 Å².